The Balaban J connectivity index is 4.50. The minimum Gasteiger partial charge on any atom is -0.462 e. The number of hydrogen-bond donors (Lipinski definition) is 0. The predicted molar refractivity (Wildman–Crippen MR) is 242 cm³/mol. The molecule has 0 aliphatic carbocycles. The lowest BCUT2D eigenvalue weighted by Crippen LogP contribution is -2.30. The van der Waals surface area contributed by atoms with Crippen LogP contribution in [-0.4, -0.2) is 37.2 Å². The fourth-order valence-electron chi connectivity index (χ4n) is 5.98. The van der Waals surface area contributed by atoms with Gasteiger partial charge in [-0.3, -0.25) is 14.4 Å². The largest absolute Gasteiger partial charge is 0.462 e. The van der Waals surface area contributed by atoms with Crippen LogP contribution in [0.5, 0.6) is 0 Å². The maximum absolute atomic E-state index is 12.7. The topological polar surface area (TPSA) is 78.9 Å². The zero-order valence-corrected chi connectivity index (χ0v) is 36.8. The van der Waals surface area contributed by atoms with Crippen molar-refractivity contribution in [3.05, 3.63) is 85.1 Å². The summed E-state index contributed by atoms with van der Waals surface area (Å²) >= 11 is 0. The van der Waals surface area contributed by atoms with Gasteiger partial charge in [0.05, 0.1) is 0 Å². The van der Waals surface area contributed by atoms with Crippen LogP contribution in [-0.2, 0) is 28.6 Å². The number of ether oxygens (including phenoxy) is 3. The molecule has 0 aliphatic rings. The fourth-order valence-corrected chi connectivity index (χ4v) is 5.98. The smallest absolute Gasteiger partial charge is 0.306 e. The summed E-state index contributed by atoms with van der Waals surface area (Å²) in [5.74, 6) is -0.990. The van der Waals surface area contributed by atoms with Gasteiger partial charge in [0.25, 0.3) is 0 Å². The van der Waals surface area contributed by atoms with Crippen LogP contribution in [0.4, 0.5) is 0 Å². The number of unbranched alkanes of at least 4 members (excludes halogenated alkanes) is 17. The van der Waals surface area contributed by atoms with Crippen LogP contribution in [0.25, 0.3) is 0 Å². The molecule has 0 rings (SSSR count). The maximum atomic E-state index is 12.7. The van der Waals surface area contributed by atoms with Crippen molar-refractivity contribution < 1.29 is 28.6 Å². The Labute approximate surface area is 350 Å². The van der Waals surface area contributed by atoms with Crippen LogP contribution in [0.1, 0.15) is 201 Å². The molecule has 0 N–H and O–H groups in total. The molecule has 0 radical (unpaired) electrons. The van der Waals surface area contributed by atoms with Crippen molar-refractivity contribution in [3.8, 4) is 0 Å². The Hall–Kier alpha value is -3.41. The molecule has 0 amide bonds. The van der Waals surface area contributed by atoms with Crippen molar-refractivity contribution in [1.82, 2.24) is 0 Å². The van der Waals surface area contributed by atoms with E-state index in [1.54, 1.807) is 0 Å². The van der Waals surface area contributed by atoms with Crippen molar-refractivity contribution >= 4 is 17.9 Å². The van der Waals surface area contributed by atoms with E-state index in [0.29, 0.717) is 19.3 Å². The SMILES string of the molecule is CC\C=C/C=C\C=C/CCCCCCCC(=O)OC(COC(=O)CCCC/C=C\C/C=C\C/C=C\CC)COC(=O)CCCCC/C=C\CCCCCCCCC. The lowest BCUT2D eigenvalue weighted by molar-refractivity contribution is -0.167. The number of allylic oxidation sites excluding steroid dienone is 14. The molecule has 6 heteroatoms. The lowest BCUT2D eigenvalue weighted by Gasteiger charge is -2.18. The molecule has 0 aromatic heterocycles. The Morgan fingerprint density at radius 1 is 0.386 bits per heavy atom. The Morgan fingerprint density at radius 2 is 0.772 bits per heavy atom. The zero-order valence-electron chi connectivity index (χ0n) is 36.8. The van der Waals surface area contributed by atoms with Crippen molar-refractivity contribution in [1.29, 1.82) is 0 Å². The number of hydrogen-bond acceptors (Lipinski definition) is 6. The van der Waals surface area contributed by atoms with Crippen molar-refractivity contribution in [2.24, 2.45) is 0 Å². The van der Waals surface area contributed by atoms with Crippen LogP contribution in [0.2, 0.25) is 0 Å². The van der Waals surface area contributed by atoms with Crippen molar-refractivity contribution in [2.75, 3.05) is 13.2 Å². The zero-order chi connectivity index (χ0) is 41.5. The highest BCUT2D eigenvalue weighted by Crippen LogP contribution is 2.12. The summed E-state index contributed by atoms with van der Waals surface area (Å²) < 4.78 is 16.6. The molecule has 6 nitrogen and oxygen atoms in total. The van der Waals surface area contributed by atoms with Crippen LogP contribution in [0, 0.1) is 0 Å². The summed E-state index contributed by atoms with van der Waals surface area (Å²) in [6, 6.07) is 0. The van der Waals surface area contributed by atoms with Gasteiger partial charge in [-0.1, -0.05) is 170 Å². The van der Waals surface area contributed by atoms with Crippen molar-refractivity contribution in [2.45, 2.75) is 207 Å². The van der Waals surface area contributed by atoms with Crippen LogP contribution >= 0.6 is 0 Å². The highest BCUT2D eigenvalue weighted by atomic mass is 16.6. The molecule has 0 aromatic rings. The third kappa shape index (κ3) is 43.6. The minimum absolute atomic E-state index is 0.106. The first kappa shape index (κ1) is 53.6. The summed E-state index contributed by atoms with van der Waals surface area (Å²) in [5.41, 5.74) is 0. The Morgan fingerprint density at radius 3 is 1.33 bits per heavy atom. The van der Waals surface area contributed by atoms with Crippen LogP contribution in [0.3, 0.4) is 0 Å². The van der Waals surface area contributed by atoms with Gasteiger partial charge in [0.1, 0.15) is 13.2 Å². The fraction of sp³-hybridized carbons (Fsp3) is 0.667. The van der Waals surface area contributed by atoms with Crippen molar-refractivity contribution in [3.63, 3.8) is 0 Å². The number of esters is 3. The normalized spacial score (nSPS) is 12.8. The second-order valence-corrected chi connectivity index (χ2v) is 15.0. The molecule has 0 spiro atoms. The van der Waals surface area contributed by atoms with Gasteiger partial charge >= 0.3 is 17.9 Å². The average Bonchev–Trinajstić information content (AvgIpc) is 3.21. The Kier molecular flexibility index (Phi) is 42.6. The summed E-state index contributed by atoms with van der Waals surface area (Å²) in [6.45, 7) is 6.29. The molecule has 0 saturated carbocycles. The summed E-state index contributed by atoms with van der Waals surface area (Å²) in [4.78, 5) is 37.8. The van der Waals surface area contributed by atoms with Gasteiger partial charge in [0.2, 0.25) is 0 Å². The van der Waals surface area contributed by atoms with E-state index in [-0.39, 0.29) is 31.1 Å². The minimum atomic E-state index is -0.807. The predicted octanol–water partition coefficient (Wildman–Crippen LogP) is 14.9. The van der Waals surface area contributed by atoms with Gasteiger partial charge in [-0.15, -0.1) is 0 Å². The second kappa shape index (κ2) is 45.3. The first-order chi connectivity index (χ1) is 28.0. The third-order valence-corrected chi connectivity index (χ3v) is 9.43. The first-order valence-corrected chi connectivity index (χ1v) is 23.1. The summed E-state index contributed by atoms with van der Waals surface area (Å²) in [7, 11) is 0. The number of carbonyl (C=O) groups excluding carboxylic acids is 3. The highest BCUT2D eigenvalue weighted by Gasteiger charge is 2.19. The molecule has 0 aliphatic heterocycles. The van der Waals surface area contributed by atoms with Gasteiger partial charge in [-0.25, -0.2) is 0 Å². The quantitative estimate of drug-likeness (QED) is 0.0202. The highest BCUT2D eigenvalue weighted by molar-refractivity contribution is 5.71. The molecule has 0 bridgehead atoms. The summed E-state index contributed by atoms with van der Waals surface area (Å²) in [6.07, 6.45) is 57.1. The standard InChI is InChI=1S/C51H84O6/c1-4-7-10-13-16-19-22-25-27-29-32-35-38-41-44-50(53)56-47-48(46-55-49(52)43-40-37-34-31-28-24-21-18-15-12-9-6-3)57-51(54)45-42-39-36-33-30-26-23-20-17-14-11-8-5-2/h8-9,11-12,14,17-18,20-21,23,27-29,31,48H,4-7,10,13,15-16,19,22,24-26,30,32-47H2,1-3H3/b11-8-,12-9-,17-14-,21-18-,23-20-,29-27-,31-28-. The van der Waals surface area contributed by atoms with E-state index in [4.69, 9.17) is 14.2 Å². The Bertz CT molecular complexity index is 1140. The summed E-state index contributed by atoms with van der Waals surface area (Å²) in [5, 5.41) is 0. The van der Waals surface area contributed by atoms with Gasteiger partial charge in [0, 0.05) is 19.3 Å². The number of carbonyl (C=O) groups is 3. The molecule has 0 fully saturated rings. The maximum Gasteiger partial charge on any atom is 0.306 e. The molecule has 0 saturated heterocycles. The van der Waals surface area contributed by atoms with E-state index in [9.17, 15) is 14.4 Å². The van der Waals surface area contributed by atoms with E-state index in [1.807, 2.05) is 6.08 Å². The van der Waals surface area contributed by atoms with E-state index >= 15 is 0 Å². The molecule has 57 heavy (non-hydrogen) atoms. The monoisotopic (exact) mass is 793 g/mol. The van der Waals surface area contributed by atoms with Gasteiger partial charge in [0.15, 0.2) is 6.10 Å². The van der Waals surface area contributed by atoms with E-state index in [2.05, 4.69) is 99.8 Å². The number of rotatable bonds is 40. The lowest BCUT2D eigenvalue weighted by atomic mass is 10.1. The first-order valence-electron chi connectivity index (χ1n) is 23.1. The second-order valence-electron chi connectivity index (χ2n) is 15.0. The van der Waals surface area contributed by atoms with Gasteiger partial charge < -0.3 is 14.2 Å². The van der Waals surface area contributed by atoms with E-state index in [0.717, 1.165) is 116 Å². The molecule has 1 atom stereocenters. The van der Waals surface area contributed by atoms with Crippen LogP contribution < -0.4 is 0 Å². The molecular formula is C51H84O6. The molecule has 0 aromatic carbocycles. The van der Waals surface area contributed by atoms with Crippen LogP contribution in [0.15, 0.2) is 85.1 Å². The van der Waals surface area contributed by atoms with Gasteiger partial charge in [-0.05, 0) is 96.3 Å². The molecule has 1 unspecified atom stereocenters. The molecular weight excluding hydrogens is 709 g/mol. The van der Waals surface area contributed by atoms with Gasteiger partial charge in [-0.2, -0.15) is 0 Å². The van der Waals surface area contributed by atoms with E-state index in [1.165, 1.54) is 44.9 Å². The van der Waals surface area contributed by atoms with E-state index < -0.39 is 6.10 Å². The molecule has 324 valence electrons. The molecule has 0 heterocycles. The average molecular weight is 793 g/mol. The third-order valence-electron chi connectivity index (χ3n) is 9.43.